The third-order valence-corrected chi connectivity index (χ3v) is 5.75. The van der Waals surface area contributed by atoms with E-state index < -0.39 is 0 Å². The van der Waals surface area contributed by atoms with Gasteiger partial charge in [0.1, 0.15) is 0 Å². The predicted molar refractivity (Wildman–Crippen MR) is 124 cm³/mol. The minimum absolute atomic E-state index is 0.178. The second-order valence-electron chi connectivity index (χ2n) is 6.94. The summed E-state index contributed by atoms with van der Waals surface area (Å²) in [5.41, 5.74) is 3.41. The van der Waals surface area contributed by atoms with E-state index in [0.717, 1.165) is 15.4 Å². The predicted octanol–water partition coefficient (Wildman–Crippen LogP) is 5.73. The van der Waals surface area contributed by atoms with Crippen molar-refractivity contribution in [3.63, 3.8) is 0 Å². The Morgan fingerprint density at radius 3 is 2.33 bits per heavy atom. The number of hydrogen-bond acceptors (Lipinski definition) is 3. The third kappa shape index (κ3) is 6.37. The number of anilines is 1. The van der Waals surface area contributed by atoms with Crippen molar-refractivity contribution in [1.29, 1.82) is 0 Å². The van der Waals surface area contributed by atoms with Crippen LogP contribution in [0.15, 0.2) is 76.5 Å². The van der Waals surface area contributed by atoms with Crippen LogP contribution in [0.3, 0.4) is 0 Å². The van der Waals surface area contributed by atoms with Crippen LogP contribution in [-0.2, 0) is 11.2 Å². The molecule has 3 aromatic rings. The summed E-state index contributed by atoms with van der Waals surface area (Å²) >= 11 is 7.44. The van der Waals surface area contributed by atoms with Crippen LogP contribution < -0.4 is 10.6 Å². The lowest BCUT2D eigenvalue weighted by molar-refractivity contribution is -0.114. The van der Waals surface area contributed by atoms with E-state index in [1.54, 1.807) is 23.9 Å². The molecule has 3 rings (SSSR count). The highest BCUT2D eigenvalue weighted by atomic mass is 35.5. The molecule has 0 spiro atoms. The summed E-state index contributed by atoms with van der Waals surface area (Å²) in [5.74, 6) is -0.358. The Morgan fingerprint density at radius 1 is 0.967 bits per heavy atom. The van der Waals surface area contributed by atoms with Gasteiger partial charge >= 0.3 is 0 Å². The van der Waals surface area contributed by atoms with Gasteiger partial charge in [-0.2, -0.15) is 0 Å². The van der Waals surface area contributed by atoms with E-state index in [-0.39, 0.29) is 11.8 Å². The number of benzene rings is 3. The average Bonchev–Trinajstić information content (AvgIpc) is 2.72. The van der Waals surface area contributed by atoms with Gasteiger partial charge in [0.05, 0.1) is 5.69 Å². The fourth-order valence-corrected chi connectivity index (χ4v) is 3.86. The van der Waals surface area contributed by atoms with E-state index in [2.05, 4.69) is 10.6 Å². The number of halogens is 1. The van der Waals surface area contributed by atoms with Gasteiger partial charge in [0.25, 0.3) is 5.91 Å². The SMILES string of the molecule is CC(=O)Nc1cc(C(=O)NCCc2ccc(Cl)cc2)ccc1Sc1ccc(C)cc1. The molecule has 0 heterocycles. The molecule has 0 unspecified atom stereocenters. The fraction of sp³-hybridized carbons (Fsp3) is 0.167. The Balaban J connectivity index is 1.69. The smallest absolute Gasteiger partial charge is 0.251 e. The molecule has 0 aliphatic rings. The standard InChI is InChI=1S/C24H23ClN2O2S/c1-16-3-10-21(11-4-16)30-23-12-7-19(15-22(23)27-17(2)28)24(29)26-14-13-18-5-8-20(25)9-6-18/h3-12,15H,13-14H2,1-2H3,(H,26,29)(H,27,28). The minimum atomic E-state index is -0.180. The molecule has 0 atom stereocenters. The van der Waals surface area contributed by atoms with Crippen LogP contribution in [0.2, 0.25) is 5.02 Å². The Bertz CT molecular complexity index is 1030. The first-order valence-electron chi connectivity index (χ1n) is 9.59. The van der Waals surface area contributed by atoms with Crippen LogP contribution in [0.5, 0.6) is 0 Å². The Hall–Kier alpha value is -2.76. The van der Waals surface area contributed by atoms with E-state index in [4.69, 9.17) is 11.6 Å². The topological polar surface area (TPSA) is 58.2 Å². The second-order valence-corrected chi connectivity index (χ2v) is 8.49. The number of carbonyl (C=O) groups excluding carboxylic acids is 2. The molecule has 0 aliphatic heterocycles. The highest BCUT2D eigenvalue weighted by Crippen LogP contribution is 2.34. The van der Waals surface area contributed by atoms with Crippen LogP contribution in [0.4, 0.5) is 5.69 Å². The molecule has 154 valence electrons. The number of hydrogen-bond donors (Lipinski definition) is 2. The molecule has 0 bridgehead atoms. The van der Waals surface area contributed by atoms with E-state index >= 15 is 0 Å². The summed E-state index contributed by atoms with van der Waals surface area (Å²) in [7, 11) is 0. The first-order valence-corrected chi connectivity index (χ1v) is 10.8. The molecule has 4 nitrogen and oxygen atoms in total. The van der Waals surface area contributed by atoms with Crippen molar-refractivity contribution in [2.45, 2.75) is 30.1 Å². The number of carbonyl (C=O) groups is 2. The number of amides is 2. The van der Waals surface area contributed by atoms with Gasteiger partial charge in [-0.25, -0.2) is 0 Å². The summed E-state index contributed by atoms with van der Waals surface area (Å²) in [4.78, 5) is 26.2. The van der Waals surface area contributed by atoms with E-state index in [1.807, 2.05) is 61.5 Å². The van der Waals surface area contributed by atoms with E-state index in [0.29, 0.717) is 29.2 Å². The van der Waals surface area contributed by atoms with Crippen molar-refractivity contribution < 1.29 is 9.59 Å². The maximum absolute atomic E-state index is 12.6. The molecule has 0 saturated carbocycles. The van der Waals surface area contributed by atoms with E-state index in [1.165, 1.54) is 12.5 Å². The van der Waals surface area contributed by atoms with Gasteiger partial charge in [-0.15, -0.1) is 0 Å². The Labute approximate surface area is 186 Å². The first-order chi connectivity index (χ1) is 14.4. The lowest BCUT2D eigenvalue weighted by Gasteiger charge is -2.12. The third-order valence-electron chi connectivity index (χ3n) is 4.41. The van der Waals surface area contributed by atoms with Gasteiger partial charge in [0.15, 0.2) is 0 Å². The molecule has 2 amide bonds. The highest BCUT2D eigenvalue weighted by molar-refractivity contribution is 7.99. The van der Waals surface area contributed by atoms with Crippen molar-refractivity contribution in [2.75, 3.05) is 11.9 Å². The van der Waals surface area contributed by atoms with Crippen LogP contribution in [0.25, 0.3) is 0 Å². The molecule has 0 fully saturated rings. The van der Waals surface area contributed by atoms with Gasteiger partial charge in [-0.05, 0) is 61.4 Å². The van der Waals surface area contributed by atoms with Gasteiger partial charge < -0.3 is 10.6 Å². The van der Waals surface area contributed by atoms with Crippen LogP contribution in [-0.4, -0.2) is 18.4 Å². The Kier molecular flexibility index (Phi) is 7.55. The Morgan fingerprint density at radius 2 is 1.67 bits per heavy atom. The van der Waals surface area contributed by atoms with Gasteiger partial charge in [0.2, 0.25) is 5.91 Å². The van der Waals surface area contributed by atoms with Crippen LogP contribution >= 0.6 is 23.4 Å². The zero-order valence-corrected chi connectivity index (χ0v) is 18.4. The molecule has 30 heavy (non-hydrogen) atoms. The van der Waals surface area contributed by atoms with Crippen molar-refractivity contribution in [2.24, 2.45) is 0 Å². The lowest BCUT2D eigenvalue weighted by atomic mass is 10.1. The average molecular weight is 439 g/mol. The zero-order valence-electron chi connectivity index (χ0n) is 16.9. The number of rotatable bonds is 7. The monoisotopic (exact) mass is 438 g/mol. The highest BCUT2D eigenvalue weighted by Gasteiger charge is 2.12. The molecule has 0 aliphatic carbocycles. The normalized spacial score (nSPS) is 10.5. The minimum Gasteiger partial charge on any atom is -0.352 e. The van der Waals surface area contributed by atoms with Crippen molar-refractivity contribution >= 4 is 40.9 Å². The number of nitrogens with one attached hydrogen (secondary N) is 2. The summed E-state index contributed by atoms with van der Waals surface area (Å²) in [6, 6.07) is 21.1. The van der Waals surface area contributed by atoms with E-state index in [9.17, 15) is 9.59 Å². The first kappa shape index (κ1) is 21.9. The molecule has 2 N–H and O–H groups in total. The quantitative estimate of drug-likeness (QED) is 0.495. The molecule has 0 aromatic heterocycles. The van der Waals surface area contributed by atoms with Gasteiger partial charge in [-0.1, -0.05) is 53.2 Å². The molecule has 0 radical (unpaired) electrons. The molecule has 3 aromatic carbocycles. The second kappa shape index (κ2) is 10.3. The maximum Gasteiger partial charge on any atom is 0.251 e. The van der Waals surface area contributed by atoms with Gasteiger partial charge in [0, 0.05) is 33.8 Å². The summed E-state index contributed by atoms with van der Waals surface area (Å²) in [6.45, 7) is 4.01. The molecular weight excluding hydrogens is 416 g/mol. The van der Waals surface area contributed by atoms with Crippen LogP contribution in [0.1, 0.15) is 28.4 Å². The maximum atomic E-state index is 12.6. The van der Waals surface area contributed by atoms with Crippen molar-refractivity contribution in [3.05, 3.63) is 88.4 Å². The lowest BCUT2D eigenvalue weighted by Crippen LogP contribution is -2.25. The zero-order chi connectivity index (χ0) is 21.5. The van der Waals surface area contributed by atoms with Crippen molar-refractivity contribution in [3.8, 4) is 0 Å². The fourth-order valence-electron chi connectivity index (χ4n) is 2.85. The molecule has 6 heteroatoms. The van der Waals surface area contributed by atoms with Crippen molar-refractivity contribution in [1.82, 2.24) is 5.32 Å². The number of aryl methyl sites for hydroxylation is 1. The van der Waals surface area contributed by atoms with Gasteiger partial charge in [-0.3, -0.25) is 9.59 Å². The molecular formula is C24H23ClN2O2S. The largest absolute Gasteiger partial charge is 0.352 e. The summed E-state index contributed by atoms with van der Waals surface area (Å²) in [5, 5.41) is 6.45. The van der Waals surface area contributed by atoms with Crippen LogP contribution in [0, 0.1) is 6.92 Å². The summed E-state index contributed by atoms with van der Waals surface area (Å²) in [6.07, 6.45) is 0.711. The molecule has 0 saturated heterocycles. The summed E-state index contributed by atoms with van der Waals surface area (Å²) < 4.78 is 0.